The molecule has 0 saturated carbocycles. The van der Waals surface area contributed by atoms with Crippen LogP contribution in [0.2, 0.25) is 5.02 Å². The first-order valence-electron chi connectivity index (χ1n) is 5.45. The summed E-state index contributed by atoms with van der Waals surface area (Å²) in [4.78, 5) is 11.6. The van der Waals surface area contributed by atoms with Gasteiger partial charge in [0, 0.05) is 5.69 Å². The van der Waals surface area contributed by atoms with Crippen molar-refractivity contribution in [3.63, 3.8) is 0 Å². The number of ether oxygens (including phenoxy) is 1. The smallest absolute Gasteiger partial charge is 0.250 e. The number of halogens is 1. The van der Waals surface area contributed by atoms with Gasteiger partial charge in [0.2, 0.25) is 5.91 Å². The van der Waals surface area contributed by atoms with E-state index in [0.717, 1.165) is 0 Å². The van der Waals surface area contributed by atoms with Crippen LogP contribution in [0.25, 0.3) is 0 Å². The number of nitrogens with one attached hydrogen (secondary N) is 1. The minimum Gasteiger partial charge on any atom is -0.366 e. The molecule has 0 heterocycles. The maximum atomic E-state index is 11.6. The molecule has 1 amide bonds. The van der Waals surface area contributed by atoms with Crippen molar-refractivity contribution >= 4 is 23.2 Å². The molecule has 0 saturated heterocycles. The number of carbonyl (C=O) groups is 1. The zero-order valence-corrected chi connectivity index (χ0v) is 11.3. The number of benzene rings is 1. The summed E-state index contributed by atoms with van der Waals surface area (Å²) in [5, 5.41) is 11.7. The molecule has 1 aromatic rings. The van der Waals surface area contributed by atoms with Gasteiger partial charge in [-0.25, -0.2) is 0 Å². The first-order chi connectivity index (χ1) is 8.31. The lowest BCUT2D eigenvalue weighted by atomic mass is 10.2. The van der Waals surface area contributed by atoms with E-state index in [1.54, 1.807) is 12.1 Å². The topological polar surface area (TPSA) is 62.1 Å². The van der Waals surface area contributed by atoms with Crippen molar-refractivity contribution in [1.82, 2.24) is 0 Å². The van der Waals surface area contributed by atoms with Gasteiger partial charge in [0.05, 0.1) is 16.2 Å². The number of anilines is 1. The molecule has 0 aliphatic heterocycles. The normalized spacial score (nSPS) is 10.8. The highest BCUT2D eigenvalue weighted by atomic mass is 35.5. The molecule has 0 atom stereocenters. The highest BCUT2D eigenvalue weighted by Crippen LogP contribution is 2.20. The lowest BCUT2D eigenvalue weighted by Crippen LogP contribution is -2.27. The van der Waals surface area contributed by atoms with Crippen LogP contribution in [0, 0.1) is 11.3 Å². The third kappa shape index (κ3) is 4.74. The Labute approximate surface area is 112 Å². The molecule has 0 aliphatic rings. The summed E-state index contributed by atoms with van der Waals surface area (Å²) in [5.74, 6) is -0.259. The van der Waals surface area contributed by atoms with Gasteiger partial charge in [-0.15, -0.1) is 0 Å². The molecular formula is C13H15ClN2O2. The molecular weight excluding hydrogens is 252 g/mol. The molecule has 1 N–H and O–H groups in total. The lowest BCUT2D eigenvalue weighted by molar-refractivity contribution is -0.125. The fourth-order valence-electron chi connectivity index (χ4n) is 1.16. The van der Waals surface area contributed by atoms with E-state index in [4.69, 9.17) is 21.6 Å². The van der Waals surface area contributed by atoms with E-state index < -0.39 is 0 Å². The summed E-state index contributed by atoms with van der Waals surface area (Å²) in [7, 11) is 0. The molecule has 0 bridgehead atoms. The predicted octanol–water partition coefficient (Wildman–Crippen LogP) is 2.97. The fourth-order valence-corrected chi connectivity index (χ4v) is 1.39. The second-order valence-electron chi connectivity index (χ2n) is 4.76. The molecule has 0 unspecified atom stereocenters. The summed E-state index contributed by atoms with van der Waals surface area (Å²) in [6.07, 6.45) is 0. The van der Waals surface area contributed by atoms with E-state index >= 15 is 0 Å². The zero-order valence-electron chi connectivity index (χ0n) is 10.6. The lowest BCUT2D eigenvalue weighted by Gasteiger charge is -2.19. The van der Waals surface area contributed by atoms with Gasteiger partial charge in [0.15, 0.2) is 0 Å². The Morgan fingerprint density at radius 1 is 1.50 bits per heavy atom. The van der Waals surface area contributed by atoms with E-state index in [1.165, 1.54) is 6.07 Å². The predicted molar refractivity (Wildman–Crippen MR) is 70.5 cm³/mol. The summed E-state index contributed by atoms with van der Waals surface area (Å²) in [6, 6.07) is 6.67. The number of hydrogen-bond acceptors (Lipinski definition) is 3. The molecule has 0 aliphatic carbocycles. The molecule has 96 valence electrons. The largest absolute Gasteiger partial charge is 0.366 e. The Kier molecular flexibility index (Phi) is 4.71. The van der Waals surface area contributed by atoms with Crippen molar-refractivity contribution in [2.75, 3.05) is 11.9 Å². The minimum absolute atomic E-state index is 0.0267. The van der Waals surface area contributed by atoms with Gasteiger partial charge in [-0.3, -0.25) is 4.79 Å². The summed E-state index contributed by atoms with van der Waals surface area (Å²) >= 11 is 5.86. The Balaban J connectivity index is 2.61. The van der Waals surface area contributed by atoms with Crippen molar-refractivity contribution < 1.29 is 9.53 Å². The number of nitriles is 1. The Hall–Kier alpha value is -1.57. The molecule has 0 aromatic heterocycles. The number of rotatable bonds is 3. The Morgan fingerprint density at radius 3 is 2.67 bits per heavy atom. The average molecular weight is 267 g/mol. The third-order valence-corrected chi connectivity index (χ3v) is 2.32. The van der Waals surface area contributed by atoms with Crippen LogP contribution in [-0.4, -0.2) is 18.1 Å². The molecule has 1 rings (SSSR count). The molecule has 1 aromatic carbocycles. The third-order valence-electron chi connectivity index (χ3n) is 2.01. The number of amides is 1. The van der Waals surface area contributed by atoms with Gasteiger partial charge in [-0.05, 0) is 39.0 Å². The Morgan fingerprint density at radius 2 is 2.17 bits per heavy atom. The van der Waals surface area contributed by atoms with Crippen LogP contribution in [-0.2, 0) is 9.53 Å². The first kappa shape index (κ1) is 14.5. The van der Waals surface area contributed by atoms with Crippen LogP contribution in [0.1, 0.15) is 26.3 Å². The maximum Gasteiger partial charge on any atom is 0.250 e. The van der Waals surface area contributed by atoms with Crippen molar-refractivity contribution in [2.24, 2.45) is 0 Å². The van der Waals surface area contributed by atoms with Crippen molar-refractivity contribution in [2.45, 2.75) is 26.4 Å². The van der Waals surface area contributed by atoms with Crippen LogP contribution in [0.5, 0.6) is 0 Å². The molecule has 0 spiro atoms. The maximum absolute atomic E-state index is 11.6. The Bertz CT molecular complexity index is 487. The minimum atomic E-state index is -0.361. The quantitative estimate of drug-likeness (QED) is 0.915. The van der Waals surface area contributed by atoms with E-state index in [9.17, 15) is 4.79 Å². The monoisotopic (exact) mass is 266 g/mol. The van der Waals surface area contributed by atoms with Gasteiger partial charge < -0.3 is 10.1 Å². The number of hydrogen-bond donors (Lipinski definition) is 1. The van der Waals surface area contributed by atoms with Crippen LogP contribution in [0.15, 0.2) is 18.2 Å². The summed E-state index contributed by atoms with van der Waals surface area (Å²) in [5.41, 5.74) is 0.557. The van der Waals surface area contributed by atoms with E-state index in [2.05, 4.69) is 5.32 Å². The van der Waals surface area contributed by atoms with Gasteiger partial charge in [-0.2, -0.15) is 5.26 Å². The molecule has 0 radical (unpaired) electrons. The average Bonchev–Trinajstić information content (AvgIpc) is 2.26. The molecule has 4 nitrogen and oxygen atoms in total. The molecule has 18 heavy (non-hydrogen) atoms. The number of nitrogens with zero attached hydrogens (tertiary/aromatic N) is 1. The van der Waals surface area contributed by atoms with Crippen LogP contribution < -0.4 is 5.32 Å². The van der Waals surface area contributed by atoms with Crippen molar-refractivity contribution in [1.29, 1.82) is 5.26 Å². The first-order valence-corrected chi connectivity index (χ1v) is 5.83. The van der Waals surface area contributed by atoms with E-state index in [-0.39, 0.29) is 18.1 Å². The van der Waals surface area contributed by atoms with Crippen LogP contribution in [0.3, 0.4) is 0 Å². The second-order valence-corrected chi connectivity index (χ2v) is 5.16. The summed E-state index contributed by atoms with van der Waals surface area (Å²) < 4.78 is 5.34. The van der Waals surface area contributed by atoms with Crippen LogP contribution >= 0.6 is 11.6 Å². The van der Waals surface area contributed by atoms with Crippen LogP contribution in [0.4, 0.5) is 5.69 Å². The fraction of sp³-hybridized carbons (Fsp3) is 0.385. The van der Waals surface area contributed by atoms with Gasteiger partial charge in [0.1, 0.15) is 12.7 Å². The number of carbonyl (C=O) groups excluding carboxylic acids is 1. The highest BCUT2D eigenvalue weighted by molar-refractivity contribution is 6.32. The molecule has 0 fully saturated rings. The highest BCUT2D eigenvalue weighted by Gasteiger charge is 2.13. The van der Waals surface area contributed by atoms with Crippen molar-refractivity contribution in [3.8, 4) is 6.07 Å². The standard InChI is InChI=1S/C13H15ClN2O2/c1-13(2,3)18-8-12(17)16-10-5-4-9(7-15)11(14)6-10/h4-6H,8H2,1-3H3,(H,16,17). The van der Waals surface area contributed by atoms with Gasteiger partial charge >= 0.3 is 0 Å². The SMILES string of the molecule is CC(C)(C)OCC(=O)Nc1ccc(C#N)c(Cl)c1. The van der Waals surface area contributed by atoms with Gasteiger partial charge in [0.25, 0.3) is 0 Å². The van der Waals surface area contributed by atoms with Gasteiger partial charge in [-0.1, -0.05) is 11.6 Å². The van der Waals surface area contributed by atoms with E-state index in [1.807, 2.05) is 26.8 Å². The molecule has 5 heteroatoms. The second kappa shape index (κ2) is 5.85. The summed E-state index contributed by atoms with van der Waals surface area (Å²) in [6.45, 7) is 5.59. The zero-order chi connectivity index (χ0) is 13.8. The van der Waals surface area contributed by atoms with E-state index in [0.29, 0.717) is 16.3 Å². The van der Waals surface area contributed by atoms with Crippen molar-refractivity contribution in [3.05, 3.63) is 28.8 Å².